The molecule has 1 aromatic carbocycles. The van der Waals surface area contributed by atoms with E-state index >= 15 is 0 Å². The number of nitriles is 1. The van der Waals surface area contributed by atoms with Gasteiger partial charge in [-0.05, 0) is 36.0 Å². The summed E-state index contributed by atoms with van der Waals surface area (Å²) in [7, 11) is 0. The van der Waals surface area contributed by atoms with Crippen molar-refractivity contribution in [1.82, 2.24) is 0 Å². The summed E-state index contributed by atoms with van der Waals surface area (Å²) >= 11 is 1.57. The van der Waals surface area contributed by atoms with Crippen LogP contribution in [-0.2, 0) is 5.41 Å². The molecule has 108 valence electrons. The SMILES string of the molecule is Cc1sc(/N=C/c2ccc(C(C)(C)C)cc2)c(C#N)c1C. The van der Waals surface area contributed by atoms with E-state index in [4.69, 9.17) is 0 Å². The monoisotopic (exact) mass is 296 g/mol. The molecule has 1 heterocycles. The van der Waals surface area contributed by atoms with Gasteiger partial charge in [-0.25, -0.2) is 4.99 Å². The molecule has 0 unspecified atom stereocenters. The molecule has 21 heavy (non-hydrogen) atoms. The summed E-state index contributed by atoms with van der Waals surface area (Å²) < 4.78 is 0. The largest absolute Gasteiger partial charge is 0.244 e. The molecule has 0 saturated heterocycles. The maximum Gasteiger partial charge on any atom is 0.134 e. The molecule has 3 heteroatoms. The van der Waals surface area contributed by atoms with E-state index in [9.17, 15) is 5.26 Å². The summed E-state index contributed by atoms with van der Waals surface area (Å²) in [5.41, 5.74) is 4.25. The maximum absolute atomic E-state index is 9.22. The molecular formula is C18H20N2S. The Morgan fingerprint density at radius 3 is 2.29 bits per heavy atom. The van der Waals surface area contributed by atoms with Gasteiger partial charge in [0.15, 0.2) is 0 Å². The van der Waals surface area contributed by atoms with Crippen LogP contribution in [0.2, 0.25) is 0 Å². The van der Waals surface area contributed by atoms with Crippen LogP contribution in [0, 0.1) is 25.2 Å². The Morgan fingerprint density at radius 2 is 1.76 bits per heavy atom. The fraction of sp³-hybridized carbons (Fsp3) is 0.333. The Morgan fingerprint density at radius 1 is 1.14 bits per heavy atom. The van der Waals surface area contributed by atoms with Gasteiger partial charge in [-0.15, -0.1) is 11.3 Å². The molecule has 0 N–H and O–H groups in total. The van der Waals surface area contributed by atoms with Crippen LogP contribution >= 0.6 is 11.3 Å². The normalized spacial score (nSPS) is 11.8. The molecule has 1 aromatic heterocycles. The Balaban J connectivity index is 2.27. The average Bonchev–Trinajstić information content (AvgIpc) is 2.71. The minimum atomic E-state index is 0.158. The van der Waals surface area contributed by atoms with Crippen molar-refractivity contribution in [2.45, 2.75) is 40.0 Å². The van der Waals surface area contributed by atoms with E-state index < -0.39 is 0 Å². The van der Waals surface area contributed by atoms with Gasteiger partial charge in [0.1, 0.15) is 11.1 Å². The number of thiophene rings is 1. The topological polar surface area (TPSA) is 36.1 Å². The lowest BCUT2D eigenvalue weighted by Gasteiger charge is -2.18. The smallest absolute Gasteiger partial charge is 0.134 e. The predicted molar refractivity (Wildman–Crippen MR) is 90.9 cm³/mol. The Hall–Kier alpha value is -1.92. The molecule has 0 aliphatic rings. The number of hydrogen-bond acceptors (Lipinski definition) is 3. The second-order valence-corrected chi connectivity index (χ2v) is 7.41. The molecule has 0 atom stereocenters. The third kappa shape index (κ3) is 3.40. The maximum atomic E-state index is 9.22. The highest BCUT2D eigenvalue weighted by atomic mass is 32.1. The lowest BCUT2D eigenvalue weighted by Crippen LogP contribution is -2.10. The van der Waals surface area contributed by atoms with Gasteiger partial charge in [-0.2, -0.15) is 5.26 Å². The zero-order valence-corrected chi connectivity index (χ0v) is 14.0. The van der Waals surface area contributed by atoms with Gasteiger partial charge in [0, 0.05) is 11.1 Å². The first kappa shape index (κ1) is 15.5. The second kappa shape index (κ2) is 5.83. The van der Waals surface area contributed by atoms with E-state index in [-0.39, 0.29) is 5.41 Å². The number of aryl methyl sites for hydroxylation is 1. The molecule has 0 saturated carbocycles. The minimum Gasteiger partial charge on any atom is -0.244 e. The first-order valence-electron chi connectivity index (χ1n) is 6.97. The Bertz CT molecular complexity index is 707. The standard InChI is InChI=1S/C18H20N2S/c1-12-13(2)21-17(16(12)10-19)20-11-14-6-8-15(9-7-14)18(3,4)5/h6-9,11H,1-5H3/b20-11+. The third-order valence-corrected chi connectivity index (χ3v) is 4.70. The van der Waals surface area contributed by atoms with Crippen molar-refractivity contribution in [2.75, 3.05) is 0 Å². The summed E-state index contributed by atoms with van der Waals surface area (Å²) in [6.45, 7) is 10.6. The summed E-state index contributed by atoms with van der Waals surface area (Å²) in [6, 6.07) is 10.7. The van der Waals surface area contributed by atoms with Gasteiger partial charge < -0.3 is 0 Å². The molecule has 2 rings (SSSR count). The van der Waals surface area contributed by atoms with E-state index in [1.54, 1.807) is 11.3 Å². The minimum absolute atomic E-state index is 0.158. The van der Waals surface area contributed by atoms with Crippen LogP contribution in [0.3, 0.4) is 0 Å². The summed E-state index contributed by atoms with van der Waals surface area (Å²) in [5, 5.41) is 10.0. The zero-order valence-electron chi connectivity index (χ0n) is 13.2. The molecule has 2 nitrogen and oxygen atoms in total. The van der Waals surface area contributed by atoms with Crippen molar-refractivity contribution in [2.24, 2.45) is 4.99 Å². The fourth-order valence-electron chi connectivity index (χ4n) is 2.03. The van der Waals surface area contributed by atoms with Crippen molar-refractivity contribution in [3.63, 3.8) is 0 Å². The van der Waals surface area contributed by atoms with E-state index in [2.05, 4.69) is 56.1 Å². The third-order valence-electron chi connectivity index (χ3n) is 3.59. The lowest BCUT2D eigenvalue weighted by atomic mass is 9.87. The number of rotatable bonds is 2. The lowest BCUT2D eigenvalue weighted by molar-refractivity contribution is 0.590. The molecule has 0 fully saturated rings. The van der Waals surface area contributed by atoms with E-state index in [0.29, 0.717) is 5.56 Å². The quantitative estimate of drug-likeness (QED) is 0.694. The van der Waals surface area contributed by atoms with Crippen molar-refractivity contribution in [1.29, 1.82) is 5.26 Å². The Labute approximate surface area is 130 Å². The van der Waals surface area contributed by atoms with Gasteiger partial charge in [0.2, 0.25) is 0 Å². The summed E-state index contributed by atoms with van der Waals surface area (Å²) in [6.07, 6.45) is 1.83. The van der Waals surface area contributed by atoms with Crippen molar-refractivity contribution in [3.05, 3.63) is 51.4 Å². The summed E-state index contributed by atoms with van der Waals surface area (Å²) in [5.74, 6) is 0. The predicted octanol–water partition coefficient (Wildman–Crippen LogP) is 5.28. The fourth-order valence-corrected chi connectivity index (χ4v) is 2.99. The van der Waals surface area contributed by atoms with Crippen LogP contribution in [-0.4, -0.2) is 6.21 Å². The van der Waals surface area contributed by atoms with E-state index in [0.717, 1.165) is 21.0 Å². The highest BCUT2D eigenvalue weighted by Gasteiger charge is 2.13. The van der Waals surface area contributed by atoms with E-state index in [1.165, 1.54) is 5.56 Å². The highest BCUT2D eigenvalue weighted by molar-refractivity contribution is 7.16. The molecule has 2 aromatic rings. The number of nitrogens with zero attached hydrogens (tertiary/aromatic N) is 2. The van der Waals surface area contributed by atoms with Crippen LogP contribution in [0.5, 0.6) is 0 Å². The molecule has 0 aliphatic carbocycles. The summed E-state index contributed by atoms with van der Waals surface area (Å²) in [4.78, 5) is 5.65. The molecule has 0 bridgehead atoms. The van der Waals surface area contributed by atoms with Crippen molar-refractivity contribution < 1.29 is 0 Å². The molecule has 0 radical (unpaired) electrons. The van der Waals surface area contributed by atoms with Gasteiger partial charge >= 0.3 is 0 Å². The molecule has 0 amide bonds. The molecule has 0 aliphatic heterocycles. The Kier molecular flexibility index (Phi) is 4.29. The molecular weight excluding hydrogens is 276 g/mol. The van der Waals surface area contributed by atoms with Gasteiger partial charge in [-0.1, -0.05) is 45.0 Å². The average molecular weight is 296 g/mol. The van der Waals surface area contributed by atoms with Gasteiger partial charge in [0.05, 0.1) is 5.56 Å². The van der Waals surface area contributed by atoms with Crippen molar-refractivity contribution >= 4 is 22.6 Å². The number of benzene rings is 1. The first-order valence-corrected chi connectivity index (χ1v) is 7.79. The van der Waals surface area contributed by atoms with Crippen LogP contribution < -0.4 is 0 Å². The van der Waals surface area contributed by atoms with Gasteiger partial charge in [-0.3, -0.25) is 0 Å². The van der Waals surface area contributed by atoms with Crippen LogP contribution in [0.1, 0.15) is 47.9 Å². The van der Waals surface area contributed by atoms with Crippen LogP contribution in [0.15, 0.2) is 29.3 Å². The van der Waals surface area contributed by atoms with Crippen LogP contribution in [0.4, 0.5) is 5.00 Å². The second-order valence-electron chi connectivity index (χ2n) is 6.21. The molecule has 0 spiro atoms. The van der Waals surface area contributed by atoms with E-state index in [1.807, 2.05) is 20.1 Å². The first-order chi connectivity index (χ1) is 9.82. The highest BCUT2D eigenvalue weighted by Crippen LogP contribution is 2.34. The number of hydrogen-bond donors (Lipinski definition) is 0. The van der Waals surface area contributed by atoms with Crippen molar-refractivity contribution in [3.8, 4) is 6.07 Å². The van der Waals surface area contributed by atoms with Gasteiger partial charge in [0.25, 0.3) is 0 Å². The van der Waals surface area contributed by atoms with Crippen LogP contribution in [0.25, 0.3) is 0 Å². The number of aliphatic imine (C=N–C) groups is 1. The zero-order chi connectivity index (χ0) is 15.6.